The van der Waals surface area contributed by atoms with Gasteiger partial charge >= 0.3 is 0 Å². The monoisotopic (exact) mass is 294 g/mol. The van der Waals surface area contributed by atoms with Crippen molar-refractivity contribution in [2.24, 2.45) is 5.73 Å². The van der Waals surface area contributed by atoms with Gasteiger partial charge in [-0.15, -0.1) is 0 Å². The van der Waals surface area contributed by atoms with Crippen LogP contribution in [0.2, 0.25) is 0 Å². The van der Waals surface area contributed by atoms with Crippen LogP contribution in [0.15, 0.2) is 42.5 Å². The molecule has 1 aliphatic rings. The number of nitrogens with zero attached hydrogens (tertiary/aromatic N) is 1. The molecule has 0 saturated heterocycles. The highest BCUT2D eigenvalue weighted by molar-refractivity contribution is 6.06. The maximum Gasteiger partial charge on any atom is 0.258 e. The van der Waals surface area contributed by atoms with E-state index < -0.39 is 0 Å². The van der Waals surface area contributed by atoms with Crippen LogP contribution in [-0.2, 0) is 12.8 Å². The van der Waals surface area contributed by atoms with E-state index in [-0.39, 0.29) is 5.91 Å². The number of carbonyl (C=O) groups is 1. The number of anilines is 1. The molecule has 0 radical (unpaired) electrons. The van der Waals surface area contributed by atoms with E-state index in [2.05, 4.69) is 19.1 Å². The first-order valence-electron chi connectivity index (χ1n) is 7.90. The zero-order chi connectivity index (χ0) is 15.5. The summed E-state index contributed by atoms with van der Waals surface area (Å²) in [5, 5.41) is 0. The highest BCUT2D eigenvalue weighted by Crippen LogP contribution is 2.30. The van der Waals surface area contributed by atoms with Crippen molar-refractivity contribution in [3.05, 3.63) is 64.7 Å². The Morgan fingerprint density at radius 3 is 2.86 bits per heavy atom. The van der Waals surface area contributed by atoms with Crippen molar-refractivity contribution in [3.8, 4) is 0 Å². The van der Waals surface area contributed by atoms with E-state index in [1.807, 2.05) is 35.2 Å². The molecule has 2 N–H and O–H groups in total. The van der Waals surface area contributed by atoms with Crippen LogP contribution >= 0.6 is 0 Å². The van der Waals surface area contributed by atoms with E-state index in [1.165, 1.54) is 11.1 Å². The highest BCUT2D eigenvalue weighted by Gasteiger charge is 2.24. The molecule has 1 amide bonds. The van der Waals surface area contributed by atoms with Crippen LogP contribution in [0.5, 0.6) is 0 Å². The van der Waals surface area contributed by atoms with Crippen molar-refractivity contribution >= 4 is 11.6 Å². The van der Waals surface area contributed by atoms with E-state index >= 15 is 0 Å². The van der Waals surface area contributed by atoms with Crippen molar-refractivity contribution in [2.75, 3.05) is 18.0 Å². The number of benzene rings is 2. The number of carbonyl (C=O) groups excluding carboxylic acids is 1. The smallest absolute Gasteiger partial charge is 0.258 e. The fraction of sp³-hybridized carbons (Fsp3) is 0.316. The quantitative estimate of drug-likeness (QED) is 0.945. The standard InChI is InChI=1S/C19H22N2O/c1-14-5-2-9-18-17(14)8-4-12-21(18)19(22)16-7-3-6-15(13-16)10-11-20/h2-3,5-7,9,13H,4,8,10-12,20H2,1H3. The van der Waals surface area contributed by atoms with Gasteiger partial charge in [0.2, 0.25) is 0 Å². The Kier molecular flexibility index (Phi) is 4.25. The van der Waals surface area contributed by atoms with E-state index in [1.54, 1.807) is 0 Å². The zero-order valence-corrected chi connectivity index (χ0v) is 13.0. The lowest BCUT2D eigenvalue weighted by atomic mass is 9.96. The molecular formula is C19H22N2O. The fourth-order valence-electron chi connectivity index (χ4n) is 3.19. The largest absolute Gasteiger partial charge is 0.330 e. The Bertz CT molecular complexity index is 694. The molecule has 3 nitrogen and oxygen atoms in total. The highest BCUT2D eigenvalue weighted by atomic mass is 16.2. The molecule has 2 aromatic rings. The molecule has 0 unspecified atom stereocenters. The lowest BCUT2D eigenvalue weighted by Gasteiger charge is -2.30. The summed E-state index contributed by atoms with van der Waals surface area (Å²) in [6.45, 7) is 3.51. The third kappa shape index (κ3) is 2.77. The van der Waals surface area contributed by atoms with Crippen molar-refractivity contribution in [2.45, 2.75) is 26.2 Å². The van der Waals surface area contributed by atoms with E-state index in [0.29, 0.717) is 6.54 Å². The van der Waals surface area contributed by atoms with Crippen LogP contribution in [0, 0.1) is 6.92 Å². The molecule has 1 aliphatic heterocycles. The number of amides is 1. The second-order valence-electron chi connectivity index (χ2n) is 5.87. The summed E-state index contributed by atoms with van der Waals surface area (Å²) in [5.41, 5.74) is 11.1. The molecule has 0 atom stereocenters. The van der Waals surface area contributed by atoms with Gasteiger partial charge in [0.1, 0.15) is 0 Å². The van der Waals surface area contributed by atoms with Crippen molar-refractivity contribution in [3.63, 3.8) is 0 Å². The number of hydrogen-bond acceptors (Lipinski definition) is 2. The molecule has 3 rings (SSSR count). The van der Waals surface area contributed by atoms with Gasteiger partial charge in [0.15, 0.2) is 0 Å². The zero-order valence-electron chi connectivity index (χ0n) is 13.0. The summed E-state index contributed by atoms with van der Waals surface area (Å²) in [4.78, 5) is 14.8. The van der Waals surface area contributed by atoms with E-state index in [9.17, 15) is 4.79 Å². The lowest BCUT2D eigenvalue weighted by Crippen LogP contribution is -2.35. The molecule has 0 saturated carbocycles. The molecule has 0 aromatic heterocycles. The van der Waals surface area contributed by atoms with Crippen LogP contribution < -0.4 is 10.6 Å². The molecule has 0 aliphatic carbocycles. The first-order chi connectivity index (χ1) is 10.7. The van der Waals surface area contributed by atoms with Crippen molar-refractivity contribution in [1.29, 1.82) is 0 Å². The van der Waals surface area contributed by atoms with Gasteiger partial charge in [-0.2, -0.15) is 0 Å². The molecule has 2 aromatic carbocycles. The Morgan fingerprint density at radius 2 is 2.05 bits per heavy atom. The van der Waals surface area contributed by atoms with Gasteiger partial charge in [-0.1, -0.05) is 24.3 Å². The molecule has 1 heterocycles. The summed E-state index contributed by atoms with van der Waals surface area (Å²) >= 11 is 0. The maximum atomic E-state index is 12.9. The number of hydrogen-bond donors (Lipinski definition) is 1. The van der Waals surface area contributed by atoms with Gasteiger partial charge in [-0.25, -0.2) is 0 Å². The first kappa shape index (κ1) is 14.8. The second kappa shape index (κ2) is 6.32. The van der Waals surface area contributed by atoms with Crippen molar-refractivity contribution in [1.82, 2.24) is 0 Å². The molecule has 114 valence electrons. The average Bonchev–Trinajstić information content (AvgIpc) is 2.55. The predicted octanol–water partition coefficient (Wildman–Crippen LogP) is 3.09. The molecule has 0 bridgehead atoms. The maximum absolute atomic E-state index is 12.9. The van der Waals surface area contributed by atoms with E-state index in [0.717, 1.165) is 42.6 Å². The number of aryl methyl sites for hydroxylation is 1. The number of nitrogens with two attached hydrogens (primary N) is 1. The van der Waals surface area contributed by atoms with Crippen LogP contribution in [0.4, 0.5) is 5.69 Å². The van der Waals surface area contributed by atoms with Gasteiger partial charge < -0.3 is 10.6 Å². The minimum Gasteiger partial charge on any atom is -0.330 e. The lowest BCUT2D eigenvalue weighted by molar-refractivity contribution is 0.0985. The SMILES string of the molecule is Cc1cccc2c1CCCN2C(=O)c1cccc(CCN)c1. The van der Waals surface area contributed by atoms with Crippen LogP contribution in [-0.4, -0.2) is 19.0 Å². The topological polar surface area (TPSA) is 46.3 Å². The summed E-state index contributed by atoms with van der Waals surface area (Å²) in [6.07, 6.45) is 2.88. The van der Waals surface area contributed by atoms with Gasteiger partial charge in [-0.05, 0) is 67.6 Å². The Balaban J connectivity index is 1.94. The first-order valence-corrected chi connectivity index (χ1v) is 7.90. The van der Waals surface area contributed by atoms with Crippen LogP contribution in [0.3, 0.4) is 0 Å². The normalized spacial score (nSPS) is 13.8. The average molecular weight is 294 g/mol. The van der Waals surface area contributed by atoms with Gasteiger partial charge in [0.05, 0.1) is 0 Å². The summed E-state index contributed by atoms with van der Waals surface area (Å²) in [5.74, 6) is 0.0884. The number of fused-ring (bicyclic) bond motifs is 1. The summed E-state index contributed by atoms with van der Waals surface area (Å²) in [6, 6.07) is 14.0. The Morgan fingerprint density at radius 1 is 1.23 bits per heavy atom. The van der Waals surface area contributed by atoms with E-state index in [4.69, 9.17) is 5.73 Å². The third-order valence-electron chi connectivity index (χ3n) is 4.34. The number of rotatable bonds is 3. The van der Waals surface area contributed by atoms with Crippen LogP contribution in [0.25, 0.3) is 0 Å². The van der Waals surface area contributed by atoms with Crippen LogP contribution in [0.1, 0.15) is 33.5 Å². The van der Waals surface area contributed by atoms with Gasteiger partial charge in [0.25, 0.3) is 5.91 Å². The summed E-state index contributed by atoms with van der Waals surface area (Å²) < 4.78 is 0. The second-order valence-corrected chi connectivity index (χ2v) is 5.87. The molecular weight excluding hydrogens is 272 g/mol. The molecule has 0 fully saturated rings. The summed E-state index contributed by atoms with van der Waals surface area (Å²) in [7, 11) is 0. The van der Waals surface area contributed by atoms with Gasteiger partial charge in [-0.3, -0.25) is 4.79 Å². The molecule has 0 spiro atoms. The Hall–Kier alpha value is -2.13. The third-order valence-corrected chi connectivity index (χ3v) is 4.34. The van der Waals surface area contributed by atoms with Gasteiger partial charge in [0, 0.05) is 17.8 Å². The predicted molar refractivity (Wildman–Crippen MR) is 90.4 cm³/mol. The minimum absolute atomic E-state index is 0.0884. The molecule has 22 heavy (non-hydrogen) atoms. The fourth-order valence-corrected chi connectivity index (χ4v) is 3.19. The molecule has 3 heteroatoms. The Labute approximate surface area is 131 Å². The minimum atomic E-state index is 0.0884. The van der Waals surface area contributed by atoms with Crippen molar-refractivity contribution < 1.29 is 4.79 Å².